The lowest BCUT2D eigenvalue weighted by Gasteiger charge is -2.27. The molecule has 1 aliphatic carbocycles. The minimum atomic E-state index is -0.194. The third kappa shape index (κ3) is 3.52. The van der Waals surface area contributed by atoms with E-state index in [2.05, 4.69) is 27.3 Å². The van der Waals surface area contributed by atoms with E-state index < -0.39 is 0 Å². The normalized spacial score (nSPS) is 20.3. The predicted molar refractivity (Wildman–Crippen MR) is 128 cm³/mol. The first-order chi connectivity index (χ1) is 16.5. The van der Waals surface area contributed by atoms with Gasteiger partial charge in [0, 0.05) is 36.6 Å². The first-order valence-electron chi connectivity index (χ1n) is 11.5. The minimum Gasteiger partial charge on any atom is -0.479 e. The van der Waals surface area contributed by atoms with Gasteiger partial charge < -0.3 is 13.9 Å². The summed E-state index contributed by atoms with van der Waals surface area (Å²) in [5.41, 5.74) is 8.73. The van der Waals surface area contributed by atoms with Crippen LogP contribution in [0, 0.1) is 6.92 Å². The van der Waals surface area contributed by atoms with Gasteiger partial charge in [0.2, 0.25) is 5.88 Å². The molecule has 0 amide bonds. The molecule has 34 heavy (non-hydrogen) atoms. The van der Waals surface area contributed by atoms with Crippen molar-refractivity contribution in [2.24, 2.45) is 12.0 Å². The molecule has 0 spiro atoms. The van der Waals surface area contributed by atoms with Gasteiger partial charge in [-0.05, 0) is 56.4 Å². The van der Waals surface area contributed by atoms with Gasteiger partial charge in [-0.25, -0.2) is 20.4 Å². The molecule has 4 aromatic rings. The Morgan fingerprint density at radius 1 is 1.18 bits per heavy atom. The fourth-order valence-electron chi connectivity index (χ4n) is 4.57. The van der Waals surface area contributed by atoms with Gasteiger partial charge in [-0.2, -0.15) is 0 Å². The molecule has 6 rings (SSSR count). The number of nitrogens with one attached hydrogen (secondary N) is 1. The highest BCUT2D eigenvalue weighted by Gasteiger charge is 2.31. The molecule has 0 aromatic carbocycles. The fraction of sp³-hybridized carbons (Fsp3) is 0.360. The molecule has 174 valence electrons. The molecule has 4 aromatic heterocycles. The summed E-state index contributed by atoms with van der Waals surface area (Å²) in [7, 11) is 3.63. The summed E-state index contributed by atoms with van der Waals surface area (Å²) < 4.78 is 9.54. The maximum Gasteiger partial charge on any atom is 0.238 e. The number of aromatic nitrogens is 5. The smallest absolute Gasteiger partial charge is 0.238 e. The molecule has 0 bridgehead atoms. The second kappa shape index (κ2) is 7.95. The number of hydroxylamine groups is 1. The van der Waals surface area contributed by atoms with Crippen LogP contribution >= 0.6 is 0 Å². The van der Waals surface area contributed by atoms with E-state index in [0.717, 1.165) is 28.0 Å². The van der Waals surface area contributed by atoms with Gasteiger partial charge in [-0.1, -0.05) is 0 Å². The van der Waals surface area contributed by atoms with Crippen LogP contribution in [0.1, 0.15) is 54.2 Å². The zero-order valence-electron chi connectivity index (χ0n) is 19.7. The zero-order chi connectivity index (χ0) is 23.4. The fourth-order valence-corrected chi connectivity index (χ4v) is 4.57. The van der Waals surface area contributed by atoms with Crippen molar-refractivity contribution in [1.29, 1.82) is 0 Å². The predicted octanol–water partition coefficient (Wildman–Crippen LogP) is 3.76. The van der Waals surface area contributed by atoms with Gasteiger partial charge in [0.15, 0.2) is 5.84 Å². The average Bonchev–Trinajstić information content (AvgIpc) is 3.54. The van der Waals surface area contributed by atoms with E-state index >= 15 is 0 Å². The molecule has 9 nitrogen and oxygen atoms in total. The number of hydrogen-bond acceptors (Lipinski definition) is 7. The number of ether oxygens (including phenoxy) is 1. The van der Waals surface area contributed by atoms with Crippen molar-refractivity contribution in [3.8, 4) is 11.6 Å². The van der Waals surface area contributed by atoms with E-state index in [1.54, 1.807) is 13.4 Å². The number of amidine groups is 1. The van der Waals surface area contributed by atoms with Crippen LogP contribution in [0.3, 0.4) is 0 Å². The van der Waals surface area contributed by atoms with Crippen molar-refractivity contribution >= 4 is 16.9 Å². The summed E-state index contributed by atoms with van der Waals surface area (Å²) >= 11 is 0. The highest BCUT2D eigenvalue weighted by Crippen LogP contribution is 2.42. The van der Waals surface area contributed by atoms with Crippen LogP contribution in [0.25, 0.3) is 16.7 Å². The second-order valence-electron chi connectivity index (χ2n) is 9.10. The van der Waals surface area contributed by atoms with Gasteiger partial charge in [0.1, 0.15) is 29.2 Å². The van der Waals surface area contributed by atoms with E-state index in [4.69, 9.17) is 24.5 Å². The summed E-state index contributed by atoms with van der Waals surface area (Å²) in [6, 6.07) is 5.94. The summed E-state index contributed by atoms with van der Waals surface area (Å²) in [4.78, 5) is 24.7. The molecule has 1 saturated carbocycles. The SMILES string of the molecule is COc1nc(C2=NC(c3cn(C)c4ncc(C5CC5)cc34)C(C)ON2)ccc1-n1cnc(C)c1. The van der Waals surface area contributed by atoms with Crippen LogP contribution < -0.4 is 10.2 Å². The van der Waals surface area contributed by atoms with Crippen molar-refractivity contribution in [2.75, 3.05) is 7.11 Å². The van der Waals surface area contributed by atoms with E-state index in [1.165, 1.54) is 18.4 Å². The molecule has 5 heterocycles. The molecular weight excluding hydrogens is 430 g/mol. The van der Waals surface area contributed by atoms with Crippen molar-refractivity contribution in [2.45, 2.75) is 44.8 Å². The summed E-state index contributed by atoms with van der Waals surface area (Å²) in [6.07, 6.45) is 10.1. The van der Waals surface area contributed by atoms with Gasteiger partial charge in [-0.15, -0.1) is 0 Å². The van der Waals surface area contributed by atoms with E-state index in [0.29, 0.717) is 23.3 Å². The van der Waals surface area contributed by atoms with Gasteiger partial charge in [-0.3, -0.25) is 9.83 Å². The quantitative estimate of drug-likeness (QED) is 0.491. The van der Waals surface area contributed by atoms with Crippen LogP contribution in [0.15, 0.2) is 48.1 Å². The van der Waals surface area contributed by atoms with Gasteiger partial charge >= 0.3 is 0 Å². The topological polar surface area (TPSA) is 91.4 Å². The number of aliphatic imine (C=N–C) groups is 1. The van der Waals surface area contributed by atoms with E-state index in [-0.39, 0.29) is 12.1 Å². The Bertz CT molecular complexity index is 1420. The number of hydrogen-bond donors (Lipinski definition) is 1. The number of methoxy groups -OCH3 is 1. The van der Waals surface area contributed by atoms with Crippen LogP contribution in [-0.4, -0.2) is 43.1 Å². The molecule has 2 aliphatic rings. The summed E-state index contributed by atoms with van der Waals surface area (Å²) in [5, 5.41) is 1.13. The molecular formula is C25H27N7O2. The first kappa shape index (κ1) is 20.9. The summed E-state index contributed by atoms with van der Waals surface area (Å²) in [6.45, 7) is 3.97. The Balaban J connectivity index is 1.40. The number of fused-ring (bicyclic) bond motifs is 1. The van der Waals surface area contributed by atoms with E-state index in [9.17, 15) is 0 Å². The third-order valence-corrected chi connectivity index (χ3v) is 6.55. The number of imidazole rings is 1. The molecule has 0 radical (unpaired) electrons. The van der Waals surface area contributed by atoms with Crippen molar-refractivity contribution < 1.29 is 9.57 Å². The molecule has 2 unspecified atom stereocenters. The molecule has 1 aliphatic heterocycles. The Labute approximate surface area is 197 Å². The standard InChI is InChI=1S/C25H27N7O2/c1-14-11-32(13-27-14)21-8-7-20(28-25(21)33-4)23-29-22(15(2)34-30-23)19-12-31(3)24-18(19)9-17(10-26-24)16-5-6-16/h7-13,15-16,22H,5-6H2,1-4H3,(H,29,30). The zero-order valence-corrected chi connectivity index (χ0v) is 19.7. The number of rotatable bonds is 5. The molecule has 1 N–H and O–H groups in total. The van der Waals surface area contributed by atoms with Crippen molar-refractivity contribution in [3.05, 3.63) is 65.6 Å². The lowest BCUT2D eigenvalue weighted by atomic mass is 10.0. The van der Waals surface area contributed by atoms with E-state index in [1.807, 2.05) is 50.0 Å². The Kier molecular flexibility index (Phi) is 4.88. The van der Waals surface area contributed by atoms with Crippen LogP contribution in [-0.2, 0) is 11.9 Å². The third-order valence-electron chi connectivity index (χ3n) is 6.55. The minimum absolute atomic E-state index is 0.158. The van der Waals surface area contributed by atoms with Gasteiger partial charge in [0.25, 0.3) is 0 Å². The monoisotopic (exact) mass is 457 g/mol. The lowest BCUT2D eigenvalue weighted by molar-refractivity contribution is -0.00453. The average molecular weight is 458 g/mol. The largest absolute Gasteiger partial charge is 0.479 e. The Morgan fingerprint density at radius 2 is 2.03 bits per heavy atom. The van der Waals surface area contributed by atoms with Crippen LogP contribution in [0.5, 0.6) is 5.88 Å². The summed E-state index contributed by atoms with van der Waals surface area (Å²) in [5.74, 6) is 1.69. The first-order valence-corrected chi connectivity index (χ1v) is 11.5. The Morgan fingerprint density at radius 3 is 2.76 bits per heavy atom. The highest BCUT2D eigenvalue weighted by atomic mass is 16.7. The number of pyridine rings is 2. The molecule has 1 fully saturated rings. The maximum absolute atomic E-state index is 5.95. The van der Waals surface area contributed by atoms with Crippen LogP contribution in [0.2, 0.25) is 0 Å². The molecule has 9 heteroatoms. The van der Waals surface area contributed by atoms with Crippen molar-refractivity contribution in [1.82, 2.24) is 29.6 Å². The molecule has 0 saturated heterocycles. The van der Waals surface area contributed by atoms with Crippen LogP contribution in [0.4, 0.5) is 0 Å². The Hall–Kier alpha value is -3.72. The van der Waals surface area contributed by atoms with Gasteiger partial charge in [0.05, 0.1) is 19.1 Å². The maximum atomic E-state index is 5.95. The van der Waals surface area contributed by atoms with Crippen molar-refractivity contribution in [3.63, 3.8) is 0 Å². The number of aryl methyl sites for hydroxylation is 2. The molecule has 2 atom stereocenters. The number of nitrogens with zero attached hydrogens (tertiary/aromatic N) is 6. The second-order valence-corrected chi connectivity index (χ2v) is 9.10. The lowest BCUT2D eigenvalue weighted by Crippen LogP contribution is -2.38. The highest BCUT2D eigenvalue weighted by molar-refractivity contribution is 5.97.